The molecule has 10 bridgehead atoms. The number of thiol groups is 5. The van der Waals surface area contributed by atoms with Crippen molar-refractivity contribution < 1.29 is 23.5 Å². The van der Waals surface area contributed by atoms with Crippen LogP contribution in [0.25, 0.3) is 0 Å². The minimum Gasteiger partial charge on any atom is -0.269 e. The molecule has 20 rings (SSSR count). The van der Waals surface area contributed by atoms with Crippen LogP contribution in [0, 0.1) is 27.1 Å². The molecule has 15 aliphatic carbocycles. The first-order valence-corrected chi connectivity index (χ1v) is 39.6. The summed E-state index contributed by atoms with van der Waals surface area (Å²) in [6.07, 6.45) is 57.3. The lowest BCUT2D eigenvalue weighted by Crippen LogP contribution is -2.44. The first-order valence-electron chi connectivity index (χ1n) is 37.4. The summed E-state index contributed by atoms with van der Waals surface area (Å²) in [5.41, 5.74) is 14.0. The van der Waals surface area contributed by atoms with E-state index >= 15 is 0 Å². The van der Waals surface area contributed by atoms with Crippen molar-refractivity contribution in [3.8, 4) is 0 Å². The van der Waals surface area contributed by atoms with Crippen molar-refractivity contribution in [2.75, 3.05) is 0 Å². The molecule has 0 atom stereocenters. The van der Waals surface area contributed by atoms with E-state index in [1.54, 1.807) is 27.8 Å². The lowest BCUT2D eigenvalue weighted by atomic mass is 9.51. The van der Waals surface area contributed by atoms with Gasteiger partial charge in [0.2, 0.25) is 0 Å². The zero-order valence-electron chi connectivity index (χ0n) is 59.1. The van der Waals surface area contributed by atoms with Crippen LogP contribution in [0.5, 0.6) is 0 Å². The lowest BCUT2D eigenvalue weighted by Gasteiger charge is -2.54. The van der Waals surface area contributed by atoms with Crippen LogP contribution in [-0.4, -0.2) is 0 Å². The van der Waals surface area contributed by atoms with Crippen LogP contribution in [0.15, 0.2) is 146 Å². The van der Waals surface area contributed by atoms with Gasteiger partial charge in [0.15, 0.2) is 0 Å². The highest BCUT2D eigenvalue weighted by Crippen LogP contribution is 2.64. The average Bonchev–Trinajstić information content (AvgIpc) is 0.791. The molecule has 530 valence electrons. The third-order valence-corrected chi connectivity index (χ3v) is 29.8. The summed E-state index contributed by atoms with van der Waals surface area (Å²) < 4.78 is 0. The number of hydrogen-bond donors (Lipinski definition) is 5. The maximum Gasteiger partial charge on any atom is 0.00401 e. The molecule has 10 heteroatoms. The third-order valence-electron chi connectivity index (χ3n) is 28.3. The normalized spacial score (nSPS) is 32.9. The van der Waals surface area contributed by atoms with Crippen molar-refractivity contribution in [1.29, 1.82) is 0 Å². The molecule has 0 amide bonds. The zero-order chi connectivity index (χ0) is 63.2. The van der Waals surface area contributed by atoms with Gasteiger partial charge in [-0.3, -0.25) is 23.5 Å². The SMILES string of the molecule is CCCC12CCC(c3ccc(S)cc3)(CC1)CC2.CCCC12CCC(c3ccc(S)cc3)(CC1)CC2.CCCC12CCC(c3ccc(S)cc3)(CC1)CC2.CCCC12CCC(c3ccc(S)cc3)(CC1)CC2.CCCC12CCC(c3ccc(S)cc3)(CC1)CC2.F.F.F.F.F. The van der Waals surface area contributed by atoms with Gasteiger partial charge in [0.1, 0.15) is 0 Å². The van der Waals surface area contributed by atoms with Crippen molar-refractivity contribution in [1.82, 2.24) is 0 Å². The Balaban J connectivity index is 0.000000186. The Morgan fingerprint density at radius 1 is 0.189 bits per heavy atom. The van der Waals surface area contributed by atoms with Crippen LogP contribution >= 0.6 is 63.1 Å². The van der Waals surface area contributed by atoms with Gasteiger partial charge in [-0.1, -0.05) is 127 Å². The number of hydrogen-bond acceptors (Lipinski definition) is 5. The van der Waals surface area contributed by atoms with E-state index < -0.39 is 0 Å². The molecule has 0 spiro atoms. The summed E-state index contributed by atoms with van der Waals surface area (Å²) in [6.45, 7) is 11.7. The number of rotatable bonds is 15. The number of fused-ring (bicyclic) bond motifs is 15. The molecule has 5 aromatic rings. The molecule has 0 unspecified atom stereocenters. The van der Waals surface area contributed by atoms with E-state index in [4.69, 9.17) is 0 Å². The van der Waals surface area contributed by atoms with E-state index in [0.717, 1.165) is 51.6 Å². The van der Waals surface area contributed by atoms with Gasteiger partial charge in [-0.15, -0.1) is 63.1 Å². The van der Waals surface area contributed by atoms with E-state index in [1.807, 2.05) is 0 Å². The third kappa shape index (κ3) is 17.9. The lowest BCUT2D eigenvalue weighted by molar-refractivity contribution is 0.0320. The fourth-order valence-electron chi connectivity index (χ4n) is 22.1. The van der Waals surface area contributed by atoms with Gasteiger partial charge in [0.05, 0.1) is 0 Å². The molecule has 15 saturated carbocycles. The molecule has 0 N–H and O–H groups in total. The monoisotopic (exact) mass is 1400 g/mol. The van der Waals surface area contributed by atoms with E-state index in [1.165, 1.54) is 257 Å². The second kappa shape index (κ2) is 34.4. The minimum absolute atomic E-state index is 0. The first-order chi connectivity index (χ1) is 43.4. The Kier molecular flexibility index (Phi) is 29.5. The predicted molar refractivity (Wildman–Crippen MR) is 415 cm³/mol. The molecule has 0 nitrogen and oxygen atoms in total. The second-order valence-corrected chi connectivity index (χ2v) is 35.5. The predicted octanol–water partition coefficient (Wildman–Crippen LogP) is 27.6. The highest BCUT2D eigenvalue weighted by Gasteiger charge is 2.53. The molecule has 0 aromatic heterocycles. The highest BCUT2D eigenvalue weighted by atomic mass is 32.1. The maximum absolute atomic E-state index is 4.40. The topological polar surface area (TPSA) is 0 Å². The number of halogens is 5. The molecular weight excluding hydrogens is 1280 g/mol. The van der Waals surface area contributed by atoms with Crippen LogP contribution in [0.4, 0.5) is 23.5 Å². The molecule has 95 heavy (non-hydrogen) atoms. The quantitative estimate of drug-likeness (QED) is 0.0501. The average molecular weight is 1400 g/mol. The molecule has 0 aliphatic heterocycles. The smallest absolute Gasteiger partial charge is 0.00401 e. The molecule has 15 aliphatic rings. The Hall–Kier alpha value is -2.50. The summed E-state index contributed by atoms with van der Waals surface area (Å²) in [7, 11) is 0. The van der Waals surface area contributed by atoms with Gasteiger partial charge in [0.25, 0.3) is 0 Å². The Morgan fingerprint density at radius 3 is 0.389 bits per heavy atom. The van der Waals surface area contributed by atoms with E-state index in [9.17, 15) is 0 Å². The van der Waals surface area contributed by atoms with Gasteiger partial charge in [-0.05, 0) is 367 Å². The first kappa shape index (κ1) is 81.5. The molecule has 15 fully saturated rings. The summed E-state index contributed by atoms with van der Waals surface area (Å²) >= 11 is 22.0. The van der Waals surface area contributed by atoms with Gasteiger partial charge in [0, 0.05) is 24.5 Å². The van der Waals surface area contributed by atoms with Crippen LogP contribution in [0.3, 0.4) is 0 Å². The fourth-order valence-corrected chi connectivity index (χ4v) is 22.8. The van der Waals surface area contributed by atoms with E-state index in [0.29, 0.717) is 27.1 Å². The molecule has 0 saturated heterocycles. The molecule has 0 heterocycles. The standard InChI is InChI=1S/5C17H24S.5FH/c5*1-2-7-16-8-11-17(12-9-16,13-10-16)14-3-5-15(18)6-4-14;;;;;/h5*3-6,18H,2,7-13H2,1H3;5*1H. The summed E-state index contributed by atoms with van der Waals surface area (Å²) in [6, 6.07) is 44.8. The highest BCUT2D eigenvalue weighted by molar-refractivity contribution is 7.81. The summed E-state index contributed by atoms with van der Waals surface area (Å²) in [4.78, 5) is 5.43. The van der Waals surface area contributed by atoms with E-state index in [2.05, 4.69) is 219 Å². The maximum atomic E-state index is 4.40. The van der Waals surface area contributed by atoms with Gasteiger partial charge >= 0.3 is 0 Å². The van der Waals surface area contributed by atoms with Crippen LogP contribution < -0.4 is 0 Å². The number of benzene rings is 5. The van der Waals surface area contributed by atoms with E-state index in [-0.39, 0.29) is 23.5 Å². The Morgan fingerprint density at radius 2 is 0.295 bits per heavy atom. The summed E-state index contributed by atoms with van der Waals surface area (Å²) in [5.74, 6) is 0. The van der Waals surface area contributed by atoms with Crippen LogP contribution in [-0.2, 0) is 27.1 Å². The van der Waals surface area contributed by atoms with Crippen LogP contribution in [0.2, 0.25) is 0 Å². The van der Waals surface area contributed by atoms with Crippen molar-refractivity contribution in [3.05, 3.63) is 149 Å². The minimum atomic E-state index is 0. The molecular formula is C85H125F5S5. The zero-order valence-corrected chi connectivity index (χ0v) is 63.6. The van der Waals surface area contributed by atoms with Crippen molar-refractivity contribution >= 4 is 63.1 Å². The van der Waals surface area contributed by atoms with Crippen molar-refractivity contribution in [2.45, 2.75) is 343 Å². The van der Waals surface area contributed by atoms with Crippen molar-refractivity contribution in [2.24, 2.45) is 27.1 Å². The Labute approximate surface area is 601 Å². The largest absolute Gasteiger partial charge is 0.269 e. The molecule has 5 aromatic carbocycles. The molecule has 0 radical (unpaired) electrons. The van der Waals surface area contributed by atoms with Gasteiger partial charge < -0.3 is 0 Å². The fraction of sp³-hybridized carbons (Fsp3) is 0.647. The van der Waals surface area contributed by atoms with Gasteiger partial charge in [-0.25, -0.2) is 0 Å². The Bertz CT molecular complexity index is 2480. The van der Waals surface area contributed by atoms with Gasteiger partial charge in [-0.2, -0.15) is 0 Å². The van der Waals surface area contributed by atoms with Crippen LogP contribution in [0.1, 0.15) is 319 Å². The second-order valence-electron chi connectivity index (χ2n) is 32.9. The van der Waals surface area contributed by atoms with Crippen molar-refractivity contribution in [3.63, 3.8) is 0 Å². The summed E-state index contributed by atoms with van der Waals surface area (Å²) in [5, 5.41) is 0.